The van der Waals surface area contributed by atoms with Gasteiger partial charge in [0.15, 0.2) is 0 Å². The molecule has 0 aliphatic carbocycles. The van der Waals surface area contributed by atoms with Gasteiger partial charge in [-0.15, -0.1) is 0 Å². The standard InChI is InChI=1S/C28H34N2O5/c31-20-24(17-21-11-5-3-6-12-21)30-26(32)18-23-15-7-1-2-10-16-27(33)35-25(19-29-28(23)34)22-13-8-4-9-14-22/h1,3-9,11-14,23-25,31H,2,10,15-20H2,(H,29,34)(H,30,32)/b7-1+/t23-,24-,25-/m0/s1. The Kier molecular flexibility index (Phi) is 10.5. The smallest absolute Gasteiger partial charge is 0.306 e. The molecule has 1 aliphatic rings. The lowest BCUT2D eigenvalue weighted by atomic mass is 9.98. The third kappa shape index (κ3) is 9.02. The average molecular weight is 479 g/mol. The van der Waals surface area contributed by atoms with Crippen LogP contribution in [0.1, 0.15) is 49.3 Å². The van der Waals surface area contributed by atoms with Crippen LogP contribution in [0.15, 0.2) is 72.8 Å². The Morgan fingerprint density at radius 3 is 2.49 bits per heavy atom. The lowest BCUT2D eigenvalue weighted by Crippen LogP contribution is -2.42. The van der Waals surface area contributed by atoms with Gasteiger partial charge in [-0.1, -0.05) is 72.8 Å². The van der Waals surface area contributed by atoms with Crippen molar-refractivity contribution >= 4 is 17.8 Å². The quantitative estimate of drug-likeness (QED) is 0.419. The van der Waals surface area contributed by atoms with Crippen LogP contribution >= 0.6 is 0 Å². The predicted octanol–water partition coefficient (Wildman–Crippen LogP) is 3.24. The van der Waals surface area contributed by atoms with E-state index < -0.39 is 18.1 Å². The van der Waals surface area contributed by atoms with Gasteiger partial charge in [-0.3, -0.25) is 14.4 Å². The lowest BCUT2D eigenvalue weighted by molar-refractivity contribution is -0.150. The molecule has 0 radical (unpaired) electrons. The number of aliphatic hydroxyl groups is 1. The second kappa shape index (κ2) is 14.1. The molecule has 0 fully saturated rings. The molecule has 3 N–H and O–H groups in total. The topological polar surface area (TPSA) is 105 Å². The second-order valence-corrected chi connectivity index (χ2v) is 8.77. The molecule has 0 bridgehead atoms. The lowest BCUT2D eigenvalue weighted by Gasteiger charge is -2.22. The fourth-order valence-electron chi connectivity index (χ4n) is 4.05. The summed E-state index contributed by atoms with van der Waals surface area (Å²) in [5.74, 6) is -1.44. The van der Waals surface area contributed by atoms with Crippen LogP contribution in [0.3, 0.4) is 0 Å². The van der Waals surface area contributed by atoms with E-state index >= 15 is 0 Å². The predicted molar refractivity (Wildman–Crippen MR) is 133 cm³/mol. The van der Waals surface area contributed by atoms with Crippen molar-refractivity contribution in [3.63, 3.8) is 0 Å². The van der Waals surface area contributed by atoms with Gasteiger partial charge in [0.1, 0.15) is 6.10 Å². The highest BCUT2D eigenvalue weighted by atomic mass is 16.5. The van der Waals surface area contributed by atoms with Crippen molar-refractivity contribution in [3.05, 3.63) is 83.9 Å². The number of rotatable bonds is 7. The minimum atomic E-state index is -0.597. The summed E-state index contributed by atoms with van der Waals surface area (Å²) in [5, 5.41) is 15.5. The van der Waals surface area contributed by atoms with Crippen LogP contribution in [0, 0.1) is 5.92 Å². The van der Waals surface area contributed by atoms with Crippen molar-refractivity contribution < 1.29 is 24.2 Å². The SMILES string of the molecule is O=C(C[C@@H]1C/C=C/CCCC(=O)O[C@H](c2ccccc2)CNC1=O)N[C@H](CO)Cc1ccccc1. The Balaban J connectivity index is 1.65. The van der Waals surface area contributed by atoms with Crippen LogP contribution in [0.4, 0.5) is 0 Å². The fourth-order valence-corrected chi connectivity index (χ4v) is 4.05. The van der Waals surface area contributed by atoms with Crippen molar-refractivity contribution in [1.29, 1.82) is 0 Å². The van der Waals surface area contributed by atoms with Crippen LogP contribution in [0.25, 0.3) is 0 Å². The minimum absolute atomic E-state index is 0.00272. The molecule has 0 saturated heterocycles. The first kappa shape index (κ1) is 26.2. The molecule has 1 aliphatic heterocycles. The summed E-state index contributed by atoms with van der Waals surface area (Å²) in [6, 6.07) is 18.5. The Morgan fingerprint density at radius 2 is 1.77 bits per heavy atom. The highest BCUT2D eigenvalue weighted by molar-refractivity contribution is 5.86. The molecular weight excluding hydrogens is 444 g/mol. The largest absolute Gasteiger partial charge is 0.456 e. The summed E-state index contributed by atoms with van der Waals surface area (Å²) in [6.45, 7) is -0.0643. The summed E-state index contributed by atoms with van der Waals surface area (Å²) in [6.07, 6.45) is 5.79. The molecule has 35 heavy (non-hydrogen) atoms. The van der Waals surface area contributed by atoms with E-state index in [2.05, 4.69) is 10.6 Å². The van der Waals surface area contributed by atoms with Crippen molar-refractivity contribution in [1.82, 2.24) is 10.6 Å². The van der Waals surface area contributed by atoms with Gasteiger partial charge < -0.3 is 20.5 Å². The van der Waals surface area contributed by atoms with Crippen molar-refractivity contribution in [3.8, 4) is 0 Å². The molecule has 0 unspecified atom stereocenters. The molecule has 2 amide bonds. The summed E-state index contributed by atoms with van der Waals surface area (Å²) >= 11 is 0. The Labute approximate surface area is 206 Å². The van der Waals surface area contributed by atoms with Gasteiger partial charge in [-0.2, -0.15) is 0 Å². The fraction of sp³-hybridized carbons (Fsp3) is 0.393. The molecule has 7 heteroatoms. The molecule has 0 spiro atoms. The number of allylic oxidation sites excluding steroid dienone is 2. The zero-order valence-electron chi connectivity index (χ0n) is 19.9. The van der Waals surface area contributed by atoms with Gasteiger partial charge >= 0.3 is 5.97 Å². The summed E-state index contributed by atoms with van der Waals surface area (Å²) in [4.78, 5) is 38.1. The summed E-state index contributed by atoms with van der Waals surface area (Å²) in [7, 11) is 0. The van der Waals surface area contributed by atoms with E-state index in [1.165, 1.54) is 0 Å². The maximum absolute atomic E-state index is 13.0. The Hall–Kier alpha value is -3.45. The zero-order valence-corrected chi connectivity index (χ0v) is 19.9. The normalized spacial score (nSPS) is 21.3. The molecule has 0 saturated carbocycles. The summed E-state index contributed by atoms with van der Waals surface area (Å²) in [5.41, 5.74) is 1.81. The molecule has 0 aromatic heterocycles. The number of cyclic esters (lactones) is 1. The third-order valence-corrected chi connectivity index (χ3v) is 5.96. The number of aliphatic hydroxyl groups excluding tert-OH is 1. The number of benzene rings is 2. The number of hydrogen-bond donors (Lipinski definition) is 3. The van der Waals surface area contributed by atoms with E-state index in [0.717, 1.165) is 11.1 Å². The number of amides is 2. The third-order valence-electron chi connectivity index (χ3n) is 5.96. The van der Waals surface area contributed by atoms with Crippen LogP contribution < -0.4 is 10.6 Å². The number of carbonyl (C=O) groups is 3. The van der Waals surface area contributed by atoms with Crippen LogP contribution in [0.5, 0.6) is 0 Å². The van der Waals surface area contributed by atoms with Crippen molar-refractivity contribution in [2.45, 2.75) is 50.7 Å². The molecule has 2 aromatic carbocycles. The van der Waals surface area contributed by atoms with Gasteiger partial charge in [0.25, 0.3) is 0 Å². The first-order valence-electron chi connectivity index (χ1n) is 12.2. The van der Waals surface area contributed by atoms with Crippen LogP contribution in [-0.2, 0) is 25.5 Å². The number of esters is 1. The highest BCUT2D eigenvalue weighted by Crippen LogP contribution is 2.20. The van der Waals surface area contributed by atoms with Crippen molar-refractivity contribution in [2.24, 2.45) is 5.92 Å². The van der Waals surface area contributed by atoms with Gasteiger partial charge in [0.05, 0.1) is 25.1 Å². The number of carbonyl (C=O) groups excluding carboxylic acids is 3. The van der Waals surface area contributed by atoms with E-state index in [0.29, 0.717) is 32.1 Å². The molecule has 1 heterocycles. The zero-order chi connectivity index (χ0) is 24.9. The molecule has 7 nitrogen and oxygen atoms in total. The van der Waals surface area contributed by atoms with Gasteiger partial charge in [-0.05, 0) is 36.8 Å². The van der Waals surface area contributed by atoms with E-state index in [1.54, 1.807) is 0 Å². The first-order valence-corrected chi connectivity index (χ1v) is 12.2. The molecule has 2 aromatic rings. The Morgan fingerprint density at radius 1 is 1.06 bits per heavy atom. The molecule has 186 valence electrons. The maximum atomic E-state index is 13.0. The van der Waals surface area contributed by atoms with E-state index in [9.17, 15) is 19.5 Å². The summed E-state index contributed by atoms with van der Waals surface area (Å²) < 4.78 is 5.65. The van der Waals surface area contributed by atoms with Gasteiger partial charge in [-0.25, -0.2) is 0 Å². The number of ether oxygens (including phenoxy) is 1. The average Bonchev–Trinajstić information content (AvgIpc) is 2.89. The van der Waals surface area contributed by atoms with E-state index in [4.69, 9.17) is 4.74 Å². The van der Waals surface area contributed by atoms with Gasteiger partial charge in [0.2, 0.25) is 11.8 Å². The molecular formula is C28H34N2O5. The molecule has 3 atom stereocenters. The maximum Gasteiger partial charge on any atom is 0.306 e. The number of hydrogen-bond acceptors (Lipinski definition) is 5. The first-order chi connectivity index (χ1) is 17.0. The van der Waals surface area contributed by atoms with Crippen LogP contribution in [0.2, 0.25) is 0 Å². The Bertz CT molecular complexity index is 977. The van der Waals surface area contributed by atoms with Crippen molar-refractivity contribution in [2.75, 3.05) is 13.2 Å². The van der Waals surface area contributed by atoms with E-state index in [-0.39, 0.29) is 37.4 Å². The molecule has 3 rings (SSSR count). The second-order valence-electron chi connectivity index (χ2n) is 8.77. The van der Waals surface area contributed by atoms with Gasteiger partial charge in [0, 0.05) is 12.8 Å². The van der Waals surface area contributed by atoms with E-state index in [1.807, 2.05) is 72.8 Å². The van der Waals surface area contributed by atoms with Crippen LogP contribution in [-0.4, -0.2) is 42.1 Å². The number of nitrogens with one attached hydrogen (secondary N) is 2. The monoisotopic (exact) mass is 478 g/mol. The minimum Gasteiger partial charge on any atom is -0.456 e. The highest BCUT2D eigenvalue weighted by Gasteiger charge is 2.25.